The van der Waals surface area contributed by atoms with Gasteiger partial charge in [-0.25, -0.2) is 14.2 Å². The molecule has 2 amide bonds. The Kier molecular flexibility index (Phi) is 6.14. The lowest BCUT2D eigenvalue weighted by Crippen LogP contribution is -2.20. The maximum atomic E-state index is 13.4. The van der Waals surface area contributed by atoms with Crippen molar-refractivity contribution in [2.24, 2.45) is 0 Å². The third kappa shape index (κ3) is 5.13. The minimum Gasteiger partial charge on any atom is -0.393 e. The van der Waals surface area contributed by atoms with Crippen LogP contribution in [0.4, 0.5) is 33.7 Å². The summed E-state index contributed by atoms with van der Waals surface area (Å²) in [5.41, 5.74) is 0.507. The van der Waals surface area contributed by atoms with Gasteiger partial charge in [-0.2, -0.15) is 13.2 Å². The molecule has 160 valence electrons. The van der Waals surface area contributed by atoms with Crippen LogP contribution in [0.2, 0.25) is 0 Å². The van der Waals surface area contributed by atoms with Crippen LogP contribution >= 0.6 is 0 Å². The van der Waals surface area contributed by atoms with Gasteiger partial charge in [0, 0.05) is 36.4 Å². The number of carbonyl (C=O) groups is 1. The zero-order chi connectivity index (χ0) is 22.6. The molecule has 1 heterocycles. The van der Waals surface area contributed by atoms with E-state index in [1.807, 2.05) is 0 Å². The number of carbonyl (C=O) groups excluding carboxylic acids is 1. The molecule has 0 aliphatic rings. The topological polar surface area (TPSA) is 103 Å². The molecular weight excluding hydrogens is 416 g/mol. The summed E-state index contributed by atoms with van der Waals surface area (Å²) in [6, 6.07) is 6.02. The molecule has 0 unspecified atom stereocenters. The Morgan fingerprint density at radius 2 is 1.74 bits per heavy atom. The van der Waals surface area contributed by atoms with Crippen molar-refractivity contribution in [3.8, 4) is 0 Å². The lowest BCUT2D eigenvalue weighted by Gasteiger charge is -2.12. The van der Waals surface area contributed by atoms with Crippen molar-refractivity contribution in [2.75, 3.05) is 17.7 Å². The van der Waals surface area contributed by atoms with Crippen LogP contribution in [-0.2, 0) is 6.18 Å². The fraction of sp³-hybridized carbons (Fsp3) is 0.100. The number of benzene rings is 2. The summed E-state index contributed by atoms with van der Waals surface area (Å²) in [5.74, 6) is -1.43. The molecule has 0 aliphatic heterocycles. The molecule has 11 heteroatoms. The SMILES string of the molecule is CN/C=C(\C=N)c1cnc2ccc(NC(=O)Nc3ccc(F)c(C(F)(F)F)c3)cc2n1. The Balaban J connectivity index is 1.80. The van der Waals surface area contributed by atoms with Crippen LogP contribution in [0.25, 0.3) is 16.6 Å². The number of aromatic nitrogens is 2. The summed E-state index contributed by atoms with van der Waals surface area (Å²) < 4.78 is 51.8. The van der Waals surface area contributed by atoms with E-state index in [0.29, 0.717) is 40.1 Å². The number of nitrogens with one attached hydrogen (secondary N) is 4. The molecule has 0 radical (unpaired) electrons. The molecular formula is C20H16F4N6O. The van der Waals surface area contributed by atoms with Crippen molar-refractivity contribution in [3.05, 3.63) is 65.9 Å². The van der Waals surface area contributed by atoms with Gasteiger partial charge >= 0.3 is 12.2 Å². The zero-order valence-electron chi connectivity index (χ0n) is 16.0. The average Bonchev–Trinajstić information content (AvgIpc) is 2.72. The Labute approximate surface area is 173 Å². The lowest BCUT2D eigenvalue weighted by molar-refractivity contribution is -0.139. The Hall–Kier alpha value is -4.02. The van der Waals surface area contributed by atoms with Crippen LogP contribution in [0.5, 0.6) is 0 Å². The van der Waals surface area contributed by atoms with Crippen LogP contribution < -0.4 is 16.0 Å². The van der Waals surface area contributed by atoms with Crippen LogP contribution in [-0.4, -0.2) is 29.3 Å². The molecule has 0 atom stereocenters. The predicted molar refractivity (Wildman–Crippen MR) is 109 cm³/mol. The number of anilines is 2. The molecule has 2 aromatic carbocycles. The van der Waals surface area contributed by atoms with Crippen LogP contribution in [0.3, 0.4) is 0 Å². The quantitative estimate of drug-likeness (QED) is 0.348. The molecule has 0 saturated heterocycles. The van der Waals surface area contributed by atoms with Crippen molar-refractivity contribution in [3.63, 3.8) is 0 Å². The monoisotopic (exact) mass is 432 g/mol. The van der Waals surface area contributed by atoms with Crippen molar-refractivity contribution in [2.45, 2.75) is 6.18 Å². The second kappa shape index (κ2) is 8.78. The minimum absolute atomic E-state index is 0.220. The van der Waals surface area contributed by atoms with Gasteiger partial charge < -0.3 is 21.4 Å². The highest BCUT2D eigenvalue weighted by Gasteiger charge is 2.34. The number of fused-ring (bicyclic) bond motifs is 1. The number of alkyl halides is 3. The second-order valence-corrected chi connectivity index (χ2v) is 6.26. The summed E-state index contributed by atoms with van der Waals surface area (Å²) >= 11 is 0. The third-order valence-electron chi connectivity index (χ3n) is 4.08. The smallest absolute Gasteiger partial charge is 0.393 e. The number of halogens is 4. The Morgan fingerprint density at radius 1 is 1.06 bits per heavy atom. The fourth-order valence-corrected chi connectivity index (χ4v) is 2.69. The van der Waals surface area contributed by atoms with Crippen molar-refractivity contribution in [1.29, 1.82) is 5.41 Å². The van der Waals surface area contributed by atoms with Crippen molar-refractivity contribution >= 4 is 40.2 Å². The van der Waals surface area contributed by atoms with E-state index in [4.69, 9.17) is 5.41 Å². The molecule has 0 bridgehead atoms. The summed E-state index contributed by atoms with van der Waals surface area (Å²) in [4.78, 5) is 20.9. The first kappa shape index (κ1) is 21.7. The molecule has 0 aliphatic carbocycles. The number of hydrogen-bond donors (Lipinski definition) is 4. The largest absolute Gasteiger partial charge is 0.419 e. The molecule has 7 nitrogen and oxygen atoms in total. The van der Waals surface area contributed by atoms with E-state index in [-0.39, 0.29) is 5.69 Å². The van der Waals surface area contributed by atoms with Gasteiger partial charge in [0.15, 0.2) is 0 Å². The van der Waals surface area contributed by atoms with Gasteiger partial charge in [-0.1, -0.05) is 0 Å². The van der Waals surface area contributed by atoms with Gasteiger partial charge in [-0.15, -0.1) is 0 Å². The van der Waals surface area contributed by atoms with Crippen molar-refractivity contribution in [1.82, 2.24) is 15.3 Å². The Bertz CT molecular complexity index is 1180. The molecule has 3 aromatic rings. The number of hydrogen-bond acceptors (Lipinski definition) is 5. The average molecular weight is 432 g/mol. The minimum atomic E-state index is -4.88. The van der Waals surface area contributed by atoms with E-state index >= 15 is 0 Å². The first-order valence-corrected chi connectivity index (χ1v) is 8.81. The van der Waals surface area contributed by atoms with Crippen LogP contribution in [0, 0.1) is 11.2 Å². The summed E-state index contributed by atoms with van der Waals surface area (Å²) in [6.07, 6.45) is -0.691. The summed E-state index contributed by atoms with van der Waals surface area (Å²) in [7, 11) is 1.68. The highest BCUT2D eigenvalue weighted by Crippen LogP contribution is 2.33. The fourth-order valence-electron chi connectivity index (χ4n) is 2.69. The maximum Gasteiger partial charge on any atom is 0.419 e. The number of urea groups is 1. The van der Waals surface area contributed by atoms with E-state index in [0.717, 1.165) is 12.3 Å². The molecule has 31 heavy (non-hydrogen) atoms. The molecule has 1 aromatic heterocycles. The Morgan fingerprint density at radius 3 is 2.39 bits per heavy atom. The summed E-state index contributed by atoms with van der Waals surface area (Å²) in [6.45, 7) is 0. The third-order valence-corrected chi connectivity index (χ3v) is 4.08. The van der Waals surface area contributed by atoms with Gasteiger partial charge in [-0.05, 0) is 36.4 Å². The van der Waals surface area contributed by atoms with Crippen LogP contribution in [0.15, 0.2) is 48.8 Å². The van der Waals surface area contributed by atoms with Gasteiger partial charge in [0.05, 0.1) is 28.5 Å². The number of nitrogens with zero attached hydrogens (tertiary/aromatic N) is 2. The van der Waals surface area contributed by atoms with Gasteiger partial charge in [-0.3, -0.25) is 4.98 Å². The molecule has 0 fully saturated rings. The zero-order valence-corrected chi connectivity index (χ0v) is 16.0. The van der Waals surface area contributed by atoms with Gasteiger partial charge in [0.1, 0.15) is 5.82 Å². The lowest BCUT2D eigenvalue weighted by atomic mass is 10.2. The predicted octanol–water partition coefficient (Wildman–Crippen LogP) is 4.64. The molecule has 0 saturated carbocycles. The van der Waals surface area contributed by atoms with E-state index in [9.17, 15) is 22.4 Å². The van der Waals surface area contributed by atoms with Crippen LogP contribution in [0.1, 0.15) is 11.3 Å². The van der Waals surface area contributed by atoms with E-state index in [2.05, 4.69) is 25.9 Å². The first-order valence-electron chi connectivity index (χ1n) is 8.81. The number of rotatable bonds is 5. The van der Waals surface area contributed by atoms with Gasteiger partial charge in [0.2, 0.25) is 0 Å². The molecule has 4 N–H and O–H groups in total. The maximum absolute atomic E-state index is 13.4. The number of allylic oxidation sites excluding steroid dienone is 1. The number of amides is 2. The molecule has 3 rings (SSSR count). The normalized spacial score (nSPS) is 11.8. The van der Waals surface area contributed by atoms with E-state index in [1.165, 1.54) is 12.3 Å². The van der Waals surface area contributed by atoms with Crippen molar-refractivity contribution < 1.29 is 22.4 Å². The summed E-state index contributed by atoms with van der Waals surface area (Å²) in [5, 5.41) is 15.0. The van der Waals surface area contributed by atoms with Gasteiger partial charge in [0.25, 0.3) is 0 Å². The first-order chi connectivity index (χ1) is 14.7. The van der Waals surface area contributed by atoms with E-state index in [1.54, 1.807) is 25.4 Å². The van der Waals surface area contributed by atoms with E-state index < -0.39 is 23.6 Å². The highest BCUT2D eigenvalue weighted by atomic mass is 19.4. The standard InChI is InChI=1S/C20H16F4N6O/c1-26-9-11(8-25)18-10-27-16-5-3-13(7-17(16)30-18)29-19(31)28-12-2-4-15(21)14(6-12)20(22,23)24/h2-10,25-26H,1H3,(H2,28,29,31)/b11-9+,25-8?. The second-order valence-electron chi connectivity index (χ2n) is 6.26. The molecule has 0 spiro atoms. The highest BCUT2D eigenvalue weighted by molar-refractivity contribution is 6.07.